The molecule has 0 saturated heterocycles. The van der Waals surface area contributed by atoms with Crippen molar-refractivity contribution in [2.24, 2.45) is 0 Å². The van der Waals surface area contributed by atoms with Gasteiger partial charge in [-0.2, -0.15) is 4.72 Å². The van der Waals surface area contributed by atoms with Crippen LogP contribution in [0, 0.1) is 13.8 Å². The second-order valence-electron chi connectivity index (χ2n) is 5.78. The third kappa shape index (κ3) is 5.77. The molecule has 9 heteroatoms. The molecule has 0 amide bonds. The standard InChI is InChI=1S/C18H17Cl2NO5S/c1-11-3-5-14(7-12(11)2)27(24,25)21-9-18(23)26-10-17(22)13-4-6-15(19)16(20)8-13/h3-8,21H,9-10H2,1-2H3. The van der Waals surface area contributed by atoms with Crippen molar-refractivity contribution in [1.82, 2.24) is 4.72 Å². The average molecular weight is 430 g/mol. The number of ketones is 1. The van der Waals surface area contributed by atoms with Crippen molar-refractivity contribution in [2.75, 3.05) is 13.2 Å². The molecule has 0 fully saturated rings. The number of hydrogen-bond donors (Lipinski definition) is 1. The molecular weight excluding hydrogens is 413 g/mol. The topological polar surface area (TPSA) is 89.5 Å². The van der Waals surface area contributed by atoms with Crippen LogP contribution in [0.5, 0.6) is 0 Å². The molecule has 2 rings (SSSR count). The van der Waals surface area contributed by atoms with E-state index >= 15 is 0 Å². The van der Waals surface area contributed by atoms with Gasteiger partial charge in [0.1, 0.15) is 6.54 Å². The van der Waals surface area contributed by atoms with Gasteiger partial charge in [-0.25, -0.2) is 8.42 Å². The van der Waals surface area contributed by atoms with Crippen LogP contribution in [0.3, 0.4) is 0 Å². The highest BCUT2D eigenvalue weighted by Crippen LogP contribution is 2.22. The number of carbonyl (C=O) groups excluding carboxylic acids is 2. The van der Waals surface area contributed by atoms with Crippen molar-refractivity contribution in [3.63, 3.8) is 0 Å². The van der Waals surface area contributed by atoms with Crippen LogP contribution < -0.4 is 4.72 Å². The average Bonchev–Trinajstić information content (AvgIpc) is 2.62. The minimum Gasteiger partial charge on any atom is -0.456 e. The monoisotopic (exact) mass is 429 g/mol. The van der Waals surface area contributed by atoms with E-state index in [2.05, 4.69) is 4.72 Å². The minimum atomic E-state index is -3.86. The van der Waals surface area contributed by atoms with E-state index in [0.717, 1.165) is 11.1 Å². The number of rotatable bonds is 7. The zero-order valence-corrected chi connectivity index (χ0v) is 16.9. The van der Waals surface area contributed by atoms with Crippen LogP contribution in [0.4, 0.5) is 0 Å². The molecule has 0 saturated carbocycles. The Balaban J connectivity index is 1.90. The summed E-state index contributed by atoms with van der Waals surface area (Å²) in [5.41, 5.74) is 2.00. The maximum absolute atomic E-state index is 12.2. The number of ether oxygens (including phenoxy) is 1. The van der Waals surface area contributed by atoms with Gasteiger partial charge in [-0.3, -0.25) is 9.59 Å². The van der Waals surface area contributed by atoms with Gasteiger partial charge in [-0.05, 0) is 55.3 Å². The molecule has 1 N–H and O–H groups in total. The van der Waals surface area contributed by atoms with Crippen molar-refractivity contribution in [3.8, 4) is 0 Å². The summed E-state index contributed by atoms with van der Waals surface area (Å²) in [6, 6.07) is 8.91. The quantitative estimate of drug-likeness (QED) is 0.538. The summed E-state index contributed by atoms with van der Waals surface area (Å²) in [7, 11) is -3.86. The summed E-state index contributed by atoms with van der Waals surface area (Å²) in [5, 5.41) is 0.501. The van der Waals surface area contributed by atoms with E-state index in [-0.39, 0.29) is 15.5 Å². The molecular formula is C18H17Cl2NO5S. The third-order valence-electron chi connectivity index (χ3n) is 3.80. The van der Waals surface area contributed by atoms with Crippen LogP contribution in [0.25, 0.3) is 0 Å². The maximum Gasteiger partial charge on any atom is 0.321 e. The molecule has 0 aliphatic rings. The summed E-state index contributed by atoms with van der Waals surface area (Å²) in [6.45, 7) is 2.52. The predicted octanol–water partition coefficient (Wildman–Crippen LogP) is 3.31. The van der Waals surface area contributed by atoms with Crippen LogP contribution in [-0.2, 0) is 19.6 Å². The van der Waals surface area contributed by atoms with Gasteiger partial charge in [0.15, 0.2) is 12.4 Å². The van der Waals surface area contributed by atoms with Gasteiger partial charge in [0.25, 0.3) is 0 Å². The number of esters is 1. The molecule has 0 radical (unpaired) electrons. The highest BCUT2D eigenvalue weighted by atomic mass is 35.5. The Morgan fingerprint density at radius 3 is 2.33 bits per heavy atom. The Morgan fingerprint density at radius 1 is 1.00 bits per heavy atom. The van der Waals surface area contributed by atoms with E-state index in [9.17, 15) is 18.0 Å². The molecule has 0 aliphatic heterocycles. The van der Waals surface area contributed by atoms with E-state index < -0.39 is 34.9 Å². The normalized spacial score (nSPS) is 11.3. The number of nitrogens with one attached hydrogen (secondary N) is 1. The van der Waals surface area contributed by atoms with E-state index in [1.54, 1.807) is 13.0 Å². The number of sulfonamides is 1. The van der Waals surface area contributed by atoms with Gasteiger partial charge >= 0.3 is 5.97 Å². The number of carbonyl (C=O) groups is 2. The number of hydrogen-bond acceptors (Lipinski definition) is 5. The lowest BCUT2D eigenvalue weighted by Gasteiger charge is -2.09. The van der Waals surface area contributed by atoms with E-state index in [1.165, 1.54) is 30.3 Å². The van der Waals surface area contributed by atoms with Crippen LogP contribution in [0.15, 0.2) is 41.3 Å². The fourth-order valence-electron chi connectivity index (χ4n) is 2.07. The Kier molecular flexibility index (Phi) is 7.00. The Labute approximate surface area is 167 Å². The third-order valence-corrected chi connectivity index (χ3v) is 5.94. The van der Waals surface area contributed by atoms with Crippen molar-refractivity contribution >= 4 is 45.0 Å². The van der Waals surface area contributed by atoms with E-state index in [0.29, 0.717) is 5.02 Å². The van der Waals surface area contributed by atoms with Crippen molar-refractivity contribution in [3.05, 3.63) is 63.1 Å². The first-order chi connectivity index (χ1) is 12.6. The number of benzene rings is 2. The van der Waals surface area contributed by atoms with E-state index in [4.69, 9.17) is 27.9 Å². The molecule has 6 nitrogen and oxygen atoms in total. The molecule has 144 valence electrons. The van der Waals surface area contributed by atoms with Gasteiger partial charge in [0, 0.05) is 5.56 Å². The SMILES string of the molecule is Cc1ccc(S(=O)(=O)NCC(=O)OCC(=O)c2ccc(Cl)c(Cl)c2)cc1C. The molecule has 0 aromatic heterocycles. The van der Waals surface area contributed by atoms with Gasteiger partial charge in [-0.1, -0.05) is 29.3 Å². The smallest absolute Gasteiger partial charge is 0.321 e. The van der Waals surface area contributed by atoms with Crippen LogP contribution in [0.2, 0.25) is 10.0 Å². The lowest BCUT2D eigenvalue weighted by molar-refractivity contribution is -0.141. The molecule has 0 unspecified atom stereocenters. The number of halogens is 2. The number of Topliss-reactive ketones (excluding diaryl/α,β-unsaturated/α-hetero) is 1. The number of aryl methyl sites for hydroxylation is 2. The zero-order chi connectivity index (χ0) is 20.2. The molecule has 0 heterocycles. The van der Waals surface area contributed by atoms with Crippen molar-refractivity contribution in [2.45, 2.75) is 18.7 Å². The molecule has 2 aromatic rings. The summed E-state index contributed by atoms with van der Waals surface area (Å²) in [6.07, 6.45) is 0. The fourth-order valence-corrected chi connectivity index (χ4v) is 3.42. The zero-order valence-electron chi connectivity index (χ0n) is 14.6. The lowest BCUT2D eigenvalue weighted by Crippen LogP contribution is -2.31. The summed E-state index contributed by atoms with van der Waals surface area (Å²) < 4.78 is 31.4. The summed E-state index contributed by atoms with van der Waals surface area (Å²) in [4.78, 5) is 23.8. The first-order valence-electron chi connectivity index (χ1n) is 7.81. The second kappa shape index (κ2) is 8.84. The van der Waals surface area contributed by atoms with E-state index in [1.807, 2.05) is 6.92 Å². The van der Waals surface area contributed by atoms with Gasteiger partial charge in [-0.15, -0.1) is 0 Å². The van der Waals surface area contributed by atoms with Gasteiger partial charge in [0.2, 0.25) is 10.0 Å². The fraction of sp³-hybridized carbons (Fsp3) is 0.222. The maximum atomic E-state index is 12.2. The minimum absolute atomic E-state index is 0.0466. The van der Waals surface area contributed by atoms with Gasteiger partial charge in [0.05, 0.1) is 14.9 Å². The lowest BCUT2D eigenvalue weighted by atomic mass is 10.1. The van der Waals surface area contributed by atoms with Crippen molar-refractivity contribution < 1.29 is 22.7 Å². The Hall–Kier alpha value is -1.93. The van der Waals surface area contributed by atoms with Crippen LogP contribution in [-0.4, -0.2) is 33.3 Å². The predicted molar refractivity (Wildman–Crippen MR) is 103 cm³/mol. The highest BCUT2D eigenvalue weighted by molar-refractivity contribution is 7.89. The molecule has 0 aliphatic carbocycles. The second-order valence-corrected chi connectivity index (χ2v) is 8.36. The molecule has 0 bridgehead atoms. The summed E-state index contributed by atoms with van der Waals surface area (Å²) in [5.74, 6) is -1.37. The molecule has 27 heavy (non-hydrogen) atoms. The molecule has 2 aromatic carbocycles. The highest BCUT2D eigenvalue weighted by Gasteiger charge is 2.18. The first-order valence-corrected chi connectivity index (χ1v) is 10.0. The van der Waals surface area contributed by atoms with Crippen LogP contribution in [0.1, 0.15) is 21.5 Å². The van der Waals surface area contributed by atoms with Gasteiger partial charge < -0.3 is 4.74 Å². The molecule has 0 atom stereocenters. The van der Waals surface area contributed by atoms with Crippen LogP contribution >= 0.6 is 23.2 Å². The first kappa shape index (κ1) is 21.4. The molecule has 0 spiro atoms. The summed E-state index contributed by atoms with van der Waals surface area (Å²) >= 11 is 11.6. The Bertz CT molecular complexity index is 989. The van der Waals surface area contributed by atoms with Crippen molar-refractivity contribution in [1.29, 1.82) is 0 Å². The Morgan fingerprint density at radius 2 is 1.70 bits per heavy atom. The largest absolute Gasteiger partial charge is 0.456 e.